The number of aromatic hydroxyl groups is 1. The van der Waals surface area contributed by atoms with Gasteiger partial charge in [0.1, 0.15) is 0 Å². The molecule has 9 nitrogen and oxygen atoms in total. The van der Waals surface area contributed by atoms with Crippen molar-refractivity contribution in [2.75, 3.05) is 7.11 Å². The molecule has 29 heavy (non-hydrogen) atoms. The van der Waals surface area contributed by atoms with E-state index in [1.54, 1.807) is 42.6 Å². The minimum absolute atomic E-state index is 0.000525. The van der Waals surface area contributed by atoms with Crippen molar-refractivity contribution in [3.05, 3.63) is 70.4 Å². The highest BCUT2D eigenvalue weighted by molar-refractivity contribution is 5.88. The van der Waals surface area contributed by atoms with Crippen LogP contribution in [0.25, 0.3) is 22.7 Å². The van der Waals surface area contributed by atoms with Gasteiger partial charge in [-0.3, -0.25) is 15.1 Å². The second kappa shape index (κ2) is 7.39. The Hall–Kier alpha value is -4.27. The van der Waals surface area contributed by atoms with Crippen molar-refractivity contribution in [3.63, 3.8) is 0 Å². The van der Waals surface area contributed by atoms with Crippen LogP contribution in [-0.4, -0.2) is 33.3 Å². The van der Waals surface area contributed by atoms with E-state index >= 15 is 0 Å². The maximum Gasteiger partial charge on any atom is 0.274 e. The van der Waals surface area contributed by atoms with Crippen LogP contribution in [0.1, 0.15) is 5.56 Å². The molecule has 144 valence electrons. The number of oxazole rings is 1. The highest BCUT2D eigenvalue weighted by atomic mass is 16.6. The zero-order valence-electron chi connectivity index (χ0n) is 15.1. The second-order valence-electron chi connectivity index (χ2n) is 5.99. The van der Waals surface area contributed by atoms with Gasteiger partial charge in [0.25, 0.3) is 5.69 Å². The van der Waals surface area contributed by atoms with E-state index < -0.39 is 4.92 Å². The van der Waals surface area contributed by atoms with Crippen LogP contribution in [-0.2, 0) is 0 Å². The number of nitro groups is 1. The summed E-state index contributed by atoms with van der Waals surface area (Å²) in [6.45, 7) is 0. The fraction of sp³-hybridized carbons (Fsp3) is 0.0500. The van der Waals surface area contributed by atoms with Crippen molar-refractivity contribution in [2.24, 2.45) is 4.99 Å². The van der Waals surface area contributed by atoms with E-state index in [4.69, 9.17) is 9.15 Å². The summed E-state index contributed by atoms with van der Waals surface area (Å²) in [6.07, 6.45) is 2.98. The number of benzene rings is 2. The monoisotopic (exact) mass is 390 g/mol. The molecule has 0 fully saturated rings. The fourth-order valence-electron chi connectivity index (χ4n) is 2.70. The van der Waals surface area contributed by atoms with Gasteiger partial charge in [0.05, 0.1) is 23.8 Å². The summed E-state index contributed by atoms with van der Waals surface area (Å²) in [7, 11) is 1.32. The molecule has 0 aliphatic carbocycles. The molecule has 0 saturated heterocycles. The highest BCUT2D eigenvalue weighted by Crippen LogP contribution is 2.34. The van der Waals surface area contributed by atoms with Gasteiger partial charge in [0.2, 0.25) is 5.89 Å². The molecule has 0 radical (unpaired) electrons. The fourth-order valence-corrected chi connectivity index (χ4v) is 2.70. The van der Waals surface area contributed by atoms with Crippen LogP contribution in [0.15, 0.2) is 64.1 Å². The molecule has 1 N–H and O–H groups in total. The number of hydrogen-bond acceptors (Lipinski definition) is 8. The molecule has 4 rings (SSSR count). The smallest absolute Gasteiger partial charge is 0.274 e. The number of methoxy groups -OCH3 is 1. The van der Waals surface area contributed by atoms with Crippen LogP contribution < -0.4 is 4.74 Å². The van der Waals surface area contributed by atoms with Gasteiger partial charge in [-0.2, -0.15) is 4.98 Å². The maximum absolute atomic E-state index is 11.0. The number of non-ortho nitro benzene ring substituents is 1. The Balaban J connectivity index is 1.61. The zero-order valence-corrected chi connectivity index (χ0v) is 15.1. The summed E-state index contributed by atoms with van der Waals surface area (Å²) >= 11 is 0. The Morgan fingerprint density at radius 2 is 2.03 bits per heavy atom. The van der Waals surface area contributed by atoms with Crippen molar-refractivity contribution >= 4 is 28.8 Å². The number of rotatable bonds is 5. The Morgan fingerprint density at radius 3 is 2.72 bits per heavy atom. The molecular weight excluding hydrogens is 376 g/mol. The van der Waals surface area contributed by atoms with E-state index in [1.807, 2.05) is 0 Å². The van der Waals surface area contributed by atoms with Gasteiger partial charge in [-0.25, -0.2) is 4.98 Å². The molecule has 4 aromatic rings. The molecule has 0 saturated carbocycles. The number of phenolic OH excluding ortho intramolecular Hbond substituents is 1. The lowest BCUT2D eigenvalue weighted by atomic mass is 10.1. The van der Waals surface area contributed by atoms with E-state index in [1.165, 1.54) is 19.4 Å². The Morgan fingerprint density at radius 1 is 1.24 bits per heavy atom. The summed E-state index contributed by atoms with van der Waals surface area (Å²) in [4.78, 5) is 23.2. The van der Waals surface area contributed by atoms with E-state index in [0.29, 0.717) is 22.8 Å². The summed E-state index contributed by atoms with van der Waals surface area (Å²) in [6, 6.07) is 13.0. The molecule has 9 heteroatoms. The summed E-state index contributed by atoms with van der Waals surface area (Å²) in [5.41, 5.74) is 2.42. The van der Waals surface area contributed by atoms with Crippen molar-refractivity contribution < 1.29 is 19.2 Å². The van der Waals surface area contributed by atoms with Gasteiger partial charge in [-0.1, -0.05) is 0 Å². The molecule has 2 heterocycles. The Labute approximate surface area is 164 Å². The minimum Gasteiger partial charge on any atom is -0.504 e. The number of hydrogen-bond donors (Lipinski definition) is 1. The SMILES string of the molecule is COc1cc([N+](=O)[O-])cc(C=Nc2ccc(-c3nc4ncccc4o3)cc2)c1O. The van der Waals surface area contributed by atoms with Gasteiger partial charge in [0, 0.05) is 29.6 Å². The molecule has 0 atom stereocenters. The van der Waals surface area contributed by atoms with Crippen LogP contribution >= 0.6 is 0 Å². The molecule has 0 aliphatic rings. The van der Waals surface area contributed by atoms with Crippen LogP contribution in [0.4, 0.5) is 11.4 Å². The minimum atomic E-state index is -0.566. The number of phenols is 1. The summed E-state index contributed by atoms with van der Waals surface area (Å²) in [5.74, 6) is 0.216. The van der Waals surface area contributed by atoms with Gasteiger partial charge in [-0.15, -0.1) is 0 Å². The first-order valence-electron chi connectivity index (χ1n) is 8.46. The highest BCUT2D eigenvalue weighted by Gasteiger charge is 2.15. The largest absolute Gasteiger partial charge is 0.504 e. The molecule has 0 amide bonds. The first kappa shape index (κ1) is 18.1. The molecule has 0 aliphatic heterocycles. The lowest BCUT2D eigenvalue weighted by molar-refractivity contribution is -0.385. The lowest BCUT2D eigenvalue weighted by Gasteiger charge is -2.06. The first-order chi connectivity index (χ1) is 14.0. The molecular formula is C20H14N4O5. The van der Waals surface area contributed by atoms with E-state index in [0.717, 1.165) is 11.6 Å². The number of nitrogens with zero attached hydrogens (tertiary/aromatic N) is 4. The topological polar surface area (TPSA) is 124 Å². The molecule has 0 bridgehead atoms. The average molecular weight is 390 g/mol. The van der Waals surface area contributed by atoms with Crippen LogP contribution in [0.5, 0.6) is 11.5 Å². The van der Waals surface area contributed by atoms with Gasteiger partial charge < -0.3 is 14.3 Å². The van der Waals surface area contributed by atoms with Gasteiger partial charge in [-0.05, 0) is 36.4 Å². The molecule has 0 unspecified atom stereocenters. The third kappa shape index (κ3) is 3.61. The Kier molecular flexibility index (Phi) is 4.62. The average Bonchev–Trinajstić information content (AvgIpc) is 3.17. The normalized spacial score (nSPS) is 11.2. The van der Waals surface area contributed by atoms with Crippen molar-refractivity contribution in [3.8, 4) is 23.0 Å². The zero-order chi connectivity index (χ0) is 20.4. The van der Waals surface area contributed by atoms with Crippen molar-refractivity contribution in [1.82, 2.24) is 9.97 Å². The third-order valence-electron chi connectivity index (χ3n) is 4.15. The predicted molar refractivity (Wildman–Crippen MR) is 106 cm³/mol. The predicted octanol–water partition coefficient (Wildman–Crippen LogP) is 4.26. The van der Waals surface area contributed by atoms with E-state index in [2.05, 4.69) is 15.0 Å². The van der Waals surface area contributed by atoms with Crippen molar-refractivity contribution in [1.29, 1.82) is 0 Å². The van der Waals surface area contributed by atoms with Crippen molar-refractivity contribution in [2.45, 2.75) is 0 Å². The maximum atomic E-state index is 11.0. The molecule has 0 spiro atoms. The summed E-state index contributed by atoms with van der Waals surface area (Å²) in [5, 5.41) is 21.2. The lowest BCUT2D eigenvalue weighted by Crippen LogP contribution is -1.94. The molecule has 2 aromatic carbocycles. The van der Waals surface area contributed by atoms with Gasteiger partial charge in [0.15, 0.2) is 22.7 Å². The summed E-state index contributed by atoms with van der Waals surface area (Å²) < 4.78 is 10.7. The number of aromatic nitrogens is 2. The number of pyridine rings is 1. The van der Waals surface area contributed by atoms with Gasteiger partial charge >= 0.3 is 0 Å². The number of ether oxygens (including phenoxy) is 1. The second-order valence-corrected chi connectivity index (χ2v) is 5.99. The number of fused-ring (bicyclic) bond motifs is 1. The van der Waals surface area contributed by atoms with Crippen LogP contribution in [0, 0.1) is 10.1 Å². The van der Waals surface area contributed by atoms with E-state index in [-0.39, 0.29) is 22.7 Å². The van der Waals surface area contributed by atoms with Crippen LogP contribution in [0.3, 0.4) is 0 Å². The standard InChI is InChI=1S/C20H14N4O5/c1-28-17-10-15(24(26)27)9-13(18(17)25)11-22-14-6-4-12(5-7-14)20-23-19-16(29-20)3-2-8-21-19/h2-11,25H,1H3. The van der Waals surface area contributed by atoms with Crippen LogP contribution in [0.2, 0.25) is 0 Å². The number of aliphatic imine (C=N–C) groups is 1. The quantitative estimate of drug-likeness (QED) is 0.307. The Bertz CT molecular complexity index is 1200. The first-order valence-corrected chi connectivity index (χ1v) is 8.46. The van der Waals surface area contributed by atoms with E-state index in [9.17, 15) is 15.2 Å². The number of nitro benzene ring substituents is 1. The third-order valence-corrected chi connectivity index (χ3v) is 4.15. The molecule has 2 aromatic heterocycles.